The van der Waals surface area contributed by atoms with Crippen molar-refractivity contribution in [1.29, 1.82) is 5.26 Å². The Morgan fingerprint density at radius 1 is 0.605 bits per heavy atom. The summed E-state index contributed by atoms with van der Waals surface area (Å²) in [4.78, 5) is 3.54. The van der Waals surface area contributed by atoms with Gasteiger partial charge in [-0.15, -0.1) is 0 Å². The minimum Gasteiger partial charge on any atom is -0.456 e. The largest absolute Gasteiger partial charge is 0.456 e. The van der Waals surface area contributed by atoms with Gasteiger partial charge in [-0.1, -0.05) is 54.6 Å². The van der Waals surface area contributed by atoms with Crippen molar-refractivity contribution in [3.8, 4) is 22.9 Å². The summed E-state index contributed by atoms with van der Waals surface area (Å²) in [6, 6.07) is 40.7. The molecule has 6 aromatic carbocycles. The fourth-order valence-corrected chi connectivity index (χ4v) is 6.51. The Morgan fingerprint density at radius 3 is 2.09 bits per heavy atom. The number of hydrogen-bond donors (Lipinski definition) is 0. The van der Waals surface area contributed by atoms with Gasteiger partial charge in [-0.2, -0.15) is 5.26 Å². The molecule has 3 heterocycles. The van der Waals surface area contributed by atoms with Crippen LogP contribution in [0, 0.1) is 17.9 Å². The van der Waals surface area contributed by atoms with E-state index in [4.69, 9.17) is 15.4 Å². The highest BCUT2D eigenvalue weighted by atomic mass is 16.3. The van der Waals surface area contributed by atoms with Crippen molar-refractivity contribution in [2.24, 2.45) is 0 Å². The van der Waals surface area contributed by atoms with Crippen molar-refractivity contribution < 1.29 is 8.83 Å². The van der Waals surface area contributed by atoms with Crippen LogP contribution in [0.15, 0.2) is 124 Å². The number of hydrogen-bond acceptors (Lipinski definition) is 3. The quantitative estimate of drug-likeness (QED) is 0.202. The lowest BCUT2D eigenvalue weighted by Gasteiger charge is -2.10. The molecule has 5 heteroatoms. The standard InChI is InChI=1S/C38H19N3O2/c1-40-25-12-16-31(24(18-25)21-39)41-32-15-11-22(23-10-13-28-26-6-2-4-8-34(26)42-36(28)20-23)19-30(32)37-33(41)17-14-29-27-7-3-5-9-35(27)43-38(29)37/h2-20H. The van der Waals surface area contributed by atoms with Gasteiger partial charge in [0.25, 0.3) is 0 Å². The van der Waals surface area contributed by atoms with Crippen LogP contribution >= 0.6 is 0 Å². The number of nitriles is 1. The Kier molecular flexibility index (Phi) is 4.68. The molecular formula is C38H19N3O2. The van der Waals surface area contributed by atoms with Gasteiger partial charge in [0, 0.05) is 26.9 Å². The van der Waals surface area contributed by atoms with E-state index in [9.17, 15) is 5.26 Å². The molecule has 9 rings (SSSR count). The summed E-state index contributed by atoms with van der Waals surface area (Å²) in [6.07, 6.45) is 0. The maximum atomic E-state index is 10.1. The summed E-state index contributed by atoms with van der Waals surface area (Å²) >= 11 is 0. The minimum absolute atomic E-state index is 0.434. The number of furan rings is 2. The normalized spacial score (nSPS) is 11.7. The Bertz CT molecular complexity index is 2710. The number of fused-ring (bicyclic) bond motifs is 10. The number of rotatable bonds is 2. The number of aromatic nitrogens is 1. The van der Waals surface area contributed by atoms with Crippen LogP contribution in [0.3, 0.4) is 0 Å². The van der Waals surface area contributed by atoms with E-state index in [0.29, 0.717) is 11.3 Å². The Hall–Kier alpha value is -6.30. The maximum Gasteiger partial charge on any atom is 0.188 e. The summed E-state index contributed by atoms with van der Waals surface area (Å²) in [6.45, 7) is 7.44. The predicted octanol–water partition coefficient (Wildman–Crippen LogP) is 10.7. The highest BCUT2D eigenvalue weighted by molar-refractivity contribution is 6.24. The van der Waals surface area contributed by atoms with Crippen molar-refractivity contribution in [3.63, 3.8) is 0 Å². The third-order valence-corrected chi connectivity index (χ3v) is 8.46. The molecule has 0 amide bonds. The van der Waals surface area contributed by atoms with E-state index in [1.54, 1.807) is 12.1 Å². The van der Waals surface area contributed by atoms with Crippen LogP contribution in [0.2, 0.25) is 0 Å². The molecule has 0 fully saturated rings. The van der Waals surface area contributed by atoms with Gasteiger partial charge in [0.05, 0.1) is 40.3 Å². The lowest BCUT2D eigenvalue weighted by molar-refractivity contribution is 0.669. The van der Waals surface area contributed by atoms with Gasteiger partial charge in [-0.05, 0) is 71.8 Å². The zero-order valence-corrected chi connectivity index (χ0v) is 22.6. The third-order valence-electron chi connectivity index (χ3n) is 8.46. The van der Waals surface area contributed by atoms with Gasteiger partial charge in [0.15, 0.2) is 5.69 Å². The Balaban J connectivity index is 1.37. The van der Waals surface area contributed by atoms with E-state index >= 15 is 0 Å². The number of nitrogens with zero attached hydrogens (tertiary/aromatic N) is 3. The molecule has 0 bridgehead atoms. The summed E-state index contributed by atoms with van der Waals surface area (Å²) < 4.78 is 14.8. The molecule has 0 spiro atoms. The first-order valence-electron chi connectivity index (χ1n) is 13.9. The van der Waals surface area contributed by atoms with Crippen molar-refractivity contribution in [2.45, 2.75) is 0 Å². The fraction of sp³-hybridized carbons (Fsp3) is 0. The third kappa shape index (κ3) is 3.25. The predicted molar refractivity (Wildman–Crippen MR) is 172 cm³/mol. The van der Waals surface area contributed by atoms with Gasteiger partial charge >= 0.3 is 0 Å². The van der Waals surface area contributed by atoms with Crippen LogP contribution in [-0.2, 0) is 0 Å². The molecular weight excluding hydrogens is 530 g/mol. The van der Waals surface area contributed by atoms with Crippen LogP contribution < -0.4 is 0 Å². The molecule has 5 nitrogen and oxygen atoms in total. The second kappa shape index (κ2) is 8.60. The van der Waals surface area contributed by atoms with E-state index in [1.807, 2.05) is 42.5 Å². The highest BCUT2D eigenvalue weighted by Crippen LogP contribution is 2.43. The van der Waals surface area contributed by atoms with E-state index < -0.39 is 0 Å². The summed E-state index contributed by atoms with van der Waals surface area (Å²) in [5.74, 6) is 0. The molecule has 0 saturated carbocycles. The Morgan fingerprint density at radius 2 is 1.28 bits per heavy atom. The molecule has 9 aromatic rings. The van der Waals surface area contributed by atoms with Crippen LogP contribution in [0.5, 0.6) is 0 Å². The summed E-state index contributed by atoms with van der Waals surface area (Å²) in [5, 5.41) is 16.4. The molecule has 0 radical (unpaired) electrons. The molecule has 43 heavy (non-hydrogen) atoms. The lowest BCUT2D eigenvalue weighted by atomic mass is 10.0. The first-order chi connectivity index (χ1) is 21.2. The zero-order valence-electron chi connectivity index (χ0n) is 22.6. The summed E-state index contributed by atoms with van der Waals surface area (Å²) in [7, 11) is 0. The second-order valence-corrected chi connectivity index (χ2v) is 10.7. The molecule has 0 aliphatic carbocycles. The van der Waals surface area contributed by atoms with Crippen molar-refractivity contribution >= 4 is 71.4 Å². The van der Waals surface area contributed by atoms with Gasteiger partial charge in [-0.3, -0.25) is 0 Å². The van der Waals surface area contributed by atoms with Gasteiger partial charge in [-0.25, -0.2) is 4.85 Å². The van der Waals surface area contributed by atoms with E-state index in [2.05, 4.69) is 76.1 Å². The monoisotopic (exact) mass is 549 g/mol. The van der Waals surface area contributed by atoms with Crippen LogP contribution in [0.4, 0.5) is 5.69 Å². The lowest BCUT2D eigenvalue weighted by Crippen LogP contribution is -1.97. The number of benzene rings is 6. The van der Waals surface area contributed by atoms with Gasteiger partial charge in [0.2, 0.25) is 0 Å². The van der Waals surface area contributed by atoms with Crippen LogP contribution in [0.1, 0.15) is 5.56 Å². The zero-order chi connectivity index (χ0) is 28.7. The van der Waals surface area contributed by atoms with Crippen molar-refractivity contribution in [3.05, 3.63) is 132 Å². The molecule has 0 unspecified atom stereocenters. The minimum atomic E-state index is 0.434. The average Bonchev–Trinajstić information content (AvgIpc) is 3.73. The summed E-state index contributed by atoms with van der Waals surface area (Å²) in [5.41, 5.74) is 8.93. The highest BCUT2D eigenvalue weighted by Gasteiger charge is 2.21. The number of para-hydroxylation sites is 2. The van der Waals surface area contributed by atoms with E-state index in [0.717, 1.165) is 82.5 Å². The maximum absolute atomic E-state index is 10.1. The second-order valence-electron chi connectivity index (χ2n) is 10.7. The van der Waals surface area contributed by atoms with Crippen LogP contribution in [-0.4, -0.2) is 4.57 Å². The van der Waals surface area contributed by atoms with Crippen LogP contribution in [0.25, 0.3) is 87.3 Å². The molecule has 0 aliphatic heterocycles. The first-order valence-corrected chi connectivity index (χ1v) is 13.9. The Labute approximate surface area is 244 Å². The first kappa shape index (κ1) is 23.4. The molecule has 0 atom stereocenters. The van der Waals surface area contributed by atoms with Gasteiger partial charge < -0.3 is 13.4 Å². The topological polar surface area (TPSA) is 59.4 Å². The van der Waals surface area contributed by atoms with Crippen molar-refractivity contribution in [1.82, 2.24) is 4.57 Å². The molecule has 0 aliphatic rings. The van der Waals surface area contributed by atoms with Crippen molar-refractivity contribution in [2.75, 3.05) is 0 Å². The SMILES string of the molecule is [C-]#[N+]c1ccc(-n2c3ccc(-c4ccc5c(c4)oc4ccccc45)cc3c3c4oc5ccccc5c4ccc32)c(C#N)c1. The van der Waals surface area contributed by atoms with Gasteiger partial charge in [0.1, 0.15) is 22.3 Å². The van der Waals surface area contributed by atoms with E-state index in [1.165, 1.54) is 0 Å². The molecule has 0 saturated heterocycles. The average molecular weight is 550 g/mol. The molecule has 0 N–H and O–H groups in total. The molecule has 198 valence electrons. The van der Waals surface area contributed by atoms with E-state index in [-0.39, 0.29) is 0 Å². The fourth-order valence-electron chi connectivity index (χ4n) is 6.51. The smallest absolute Gasteiger partial charge is 0.188 e. The molecule has 3 aromatic heterocycles.